The quantitative estimate of drug-likeness (QED) is 0.753. The van der Waals surface area contributed by atoms with E-state index in [-0.39, 0.29) is 36.4 Å². The summed E-state index contributed by atoms with van der Waals surface area (Å²) in [5.74, 6) is -0.990. The predicted molar refractivity (Wildman–Crippen MR) is 112 cm³/mol. The number of hydrogen-bond donors (Lipinski definition) is 0. The maximum atomic E-state index is 14.1. The lowest BCUT2D eigenvalue weighted by molar-refractivity contribution is -0.137. The van der Waals surface area contributed by atoms with Crippen LogP contribution in [0.15, 0.2) is 48.5 Å². The number of methoxy groups -OCH3 is 1. The first-order valence-electron chi connectivity index (χ1n) is 10.3. The van der Waals surface area contributed by atoms with Crippen molar-refractivity contribution in [3.8, 4) is 5.75 Å². The molecule has 0 aromatic heterocycles. The number of piperazine rings is 1. The third-order valence-corrected chi connectivity index (χ3v) is 5.83. The number of carbonyl (C=O) groups excluding carboxylic acids is 3. The van der Waals surface area contributed by atoms with Crippen LogP contribution in [0.3, 0.4) is 0 Å². The molecule has 2 heterocycles. The summed E-state index contributed by atoms with van der Waals surface area (Å²) >= 11 is 0. The first kappa shape index (κ1) is 20.8. The molecule has 0 radical (unpaired) electrons. The first-order valence-corrected chi connectivity index (χ1v) is 10.3. The van der Waals surface area contributed by atoms with Crippen molar-refractivity contribution in [2.75, 3.05) is 44.7 Å². The average Bonchev–Trinajstić information content (AvgIpc) is 3.19. The van der Waals surface area contributed by atoms with E-state index in [2.05, 4.69) is 0 Å². The molecule has 0 N–H and O–H groups in total. The molecule has 2 saturated heterocycles. The molecule has 0 saturated carbocycles. The predicted octanol–water partition coefficient (Wildman–Crippen LogP) is 2.17. The van der Waals surface area contributed by atoms with Gasteiger partial charge >= 0.3 is 0 Å². The second kappa shape index (κ2) is 8.75. The lowest BCUT2D eigenvalue weighted by Gasteiger charge is -2.36. The molecular weight excluding hydrogens is 401 g/mol. The molecule has 8 heteroatoms. The Bertz CT molecular complexity index is 1000. The van der Waals surface area contributed by atoms with E-state index in [0.29, 0.717) is 37.5 Å². The first-order chi connectivity index (χ1) is 15.0. The molecule has 162 valence electrons. The van der Waals surface area contributed by atoms with Crippen molar-refractivity contribution in [2.24, 2.45) is 5.92 Å². The summed E-state index contributed by atoms with van der Waals surface area (Å²) in [7, 11) is 1.52. The Balaban J connectivity index is 1.37. The Labute approximate surface area is 180 Å². The van der Waals surface area contributed by atoms with Crippen molar-refractivity contribution in [2.45, 2.75) is 6.42 Å². The van der Waals surface area contributed by atoms with Crippen LogP contribution in [-0.2, 0) is 9.59 Å². The zero-order valence-electron chi connectivity index (χ0n) is 17.3. The Morgan fingerprint density at radius 3 is 2.32 bits per heavy atom. The standard InChI is InChI=1S/C23H24FN3O4/c1-31-20-9-5-2-6-17(20)23(30)26-12-10-25(11-13-26)22(29)16-14-21(28)27(15-16)19-8-4-3-7-18(19)24/h2-9,16H,10-15H2,1H3. The van der Waals surface area contributed by atoms with Crippen LogP contribution >= 0.6 is 0 Å². The van der Waals surface area contributed by atoms with Crippen molar-refractivity contribution < 1.29 is 23.5 Å². The van der Waals surface area contributed by atoms with Crippen LogP contribution < -0.4 is 9.64 Å². The summed E-state index contributed by atoms with van der Waals surface area (Å²) in [5, 5.41) is 0. The van der Waals surface area contributed by atoms with E-state index < -0.39 is 11.7 Å². The number of benzene rings is 2. The second-order valence-electron chi connectivity index (χ2n) is 7.67. The van der Waals surface area contributed by atoms with Gasteiger partial charge in [0.05, 0.1) is 24.3 Å². The molecule has 4 rings (SSSR count). The molecule has 2 fully saturated rings. The van der Waals surface area contributed by atoms with Gasteiger partial charge in [0.25, 0.3) is 5.91 Å². The topological polar surface area (TPSA) is 70.2 Å². The van der Waals surface area contributed by atoms with E-state index in [0.717, 1.165) is 0 Å². The summed E-state index contributed by atoms with van der Waals surface area (Å²) in [6.45, 7) is 1.76. The van der Waals surface area contributed by atoms with Gasteiger partial charge in [-0.15, -0.1) is 0 Å². The number of ether oxygens (including phenoxy) is 1. The number of carbonyl (C=O) groups is 3. The van der Waals surface area contributed by atoms with Crippen LogP contribution in [0.5, 0.6) is 5.75 Å². The van der Waals surface area contributed by atoms with Crippen LogP contribution in [0.1, 0.15) is 16.8 Å². The summed E-state index contributed by atoms with van der Waals surface area (Å²) in [6.07, 6.45) is 0.0630. The highest BCUT2D eigenvalue weighted by molar-refractivity contribution is 6.00. The molecule has 2 aliphatic rings. The van der Waals surface area contributed by atoms with E-state index in [1.807, 2.05) is 0 Å². The lowest BCUT2D eigenvalue weighted by Crippen LogP contribution is -2.52. The van der Waals surface area contributed by atoms with Crippen LogP contribution in [0.4, 0.5) is 10.1 Å². The Hall–Kier alpha value is -3.42. The van der Waals surface area contributed by atoms with Gasteiger partial charge in [-0.05, 0) is 24.3 Å². The minimum Gasteiger partial charge on any atom is -0.496 e. The summed E-state index contributed by atoms with van der Waals surface area (Å²) in [6, 6.07) is 13.1. The number of hydrogen-bond acceptors (Lipinski definition) is 4. The number of anilines is 1. The molecule has 0 spiro atoms. The van der Waals surface area contributed by atoms with Crippen LogP contribution in [0, 0.1) is 11.7 Å². The summed E-state index contributed by atoms with van der Waals surface area (Å²) < 4.78 is 19.3. The highest BCUT2D eigenvalue weighted by Crippen LogP contribution is 2.28. The highest BCUT2D eigenvalue weighted by Gasteiger charge is 2.39. The van der Waals surface area contributed by atoms with Crippen LogP contribution in [0.25, 0.3) is 0 Å². The fraction of sp³-hybridized carbons (Fsp3) is 0.348. The number of halogens is 1. The smallest absolute Gasteiger partial charge is 0.257 e. The van der Waals surface area contributed by atoms with E-state index in [9.17, 15) is 18.8 Å². The third kappa shape index (κ3) is 4.10. The highest BCUT2D eigenvalue weighted by atomic mass is 19.1. The fourth-order valence-corrected chi connectivity index (χ4v) is 4.16. The minimum atomic E-state index is -0.511. The molecule has 2 aromatic carbocycles. The summed E-state index contributed by atoms with van der Waals surface area (Å²) in [5.41, 5.74) is 0.696. The van der Waals surface area contributed by atoms with E-state index in [4.69, 9.17) is 4.74 Å². The molecule has 3 amide bonds. The monoisotopic (exact) mass is 425 g/mol. The largest absolute Gasteiger partial charge is 0.496 e. The maximum Gasteiger partial charge on any atom is 0.257 e. The molecule has 2 aromatic rings. The van der Waals surface area contributed by atoms with Crippen LogP contribution in [-0.4, -0.2) is 67.4 Å². The van der Waals surface area contributed by atoms with Gasteiger partial charge in [-0.2, -0.15) is 0 Å². The Morgan fingerprint density at radius 2 is 1.61 bits per heavy atom. The third-order valence-electron chi connectivity index (χ3n) is 5.83. The molecule has 1 atom stereocenters. The molecule has 2 aliphatic heterocycles. The van der Waals surface area contributed by atoms with Gasteiger partial charge in [0, 0.05) is 39.1 Å². The lowest BCUT2D eigenvalue weighted by atomic mass is 10.1. The SMILES string of the molecule is COc1ccccc1C(=O)N1CCN(C(=O)C2CC(=O)N(c3ccccc3F)C2)CC1. The van der Waals surface area contributed by atoms with Crippen molar-refractivity contribution in [3.63, 3.8) is 0 Å². The van der Waals surface area contributed by atoms with Gasteiger partial charge in [0.2, 0.25) is 11.8 Å². The van der Waals surface area contributed by atoms with Gasteiger partial charge < -0.3 is 19.4 Å². The van der Waals surface area contributed by atoms with Crippen molar-refractivity contribution in [1.29, 1.82) is 0 Å². The zero-order valence-corrected chi connectivity index (χ0v) is 17.3. The van der Waals surface area contributed by atoms with Gasteiger partial charge in [0.1, 0.15) is 11.6 Å². The van der Waals surface area contributed by atoms with E-state index in [1.54, 1.807) is 52.3 Å². The normalized spacial score (nSPS) is 19.0. The van der Waals surface area contributed by atoms with E-state index >= 15 is 0 Å². The zero-order chi connectivity index (χ0) is 22.0. The summed E-state index contributed by atoms with van der Waals surface area (Å²) in [4.78, 5) is 43.0. The van der Waals surface area contributed by atoms with Gasteiger partial charge in [-0.3, -0.25) is 14.4 Å². The second-order valence-corrected chi connectivity index (χ2v) is 7.67. The molecule has 0 aliphatic carbocycles. The van der Waals surface area contributed by atoms with Gasteiger partial charge in [-0.25, -0.2) is 4.39 Å². The minimum absolute atomic E-state index is 0.0630. The van der Waals surface area contributed by atoms with Gasteiger partial charge in [0.15, 0.2) is 0 Å². The maximum absolute atomic E-state index is 14.1. The molecule has 1 unspecified atom stereocenters. The Morgan fingerprint density at radius 1 is 0.968 bits per heavy atom. The number of amides is 3. The molecular formula is C23H24FN3O4. The fourth-order valence-electron chi connectivity index (χ4n) is 4.16. The van der Waals surface area contributed by atoms with E-state index in [1.165, 1.54) is 18.1 Å². The van der Waals surface area contributed by atoms with Gasteiger partial charge in [-0.1, -0.05) is 24.3 Å². The molecule has 0 bridgehead atoms. The molecule has 31 heavy (non-hydrogen) atoms. The molecule has 7 nitrogen and oxygen atoms in total. The Kier molecular flexibility index (Phi) is 5.88. The number of para-hydroxylation sites is 2. The average molecular weight is 425 g/mol. The number of nitrogens with zero attached hydrogens (tertiary/aromatic N) is 3. The van der Waals surface area contributed by atoms with Crippen molar-refractivity contribution in [1.82, 2.24) is 9.80 Å². The van der Waals surface area contributed by atoms with Crippen molar-refractivity contribution >= 4 is 23.4 Å². The van der Waals surface area contributed by atoms with Crippen LogP contribution in [0.2, 0.25) is 0 Å². The number of rotatable bonds is 4. The van der Waals surface area contributed by atoms with Crippen molar-refractivity contribution in [3.05, 3.63) is 59.9 Å².